The van der Waals surface area contributed by atoms with Crippen LogP contribution in [0.4, 0.5) is 4.39 Å². The van der Waals surface area contributed by atoms with Gasteiger partial charge in [0.15, 0.2) is 5.96 Å². The van der Waals surface area contributed by atoms with Gasteiger partial charge in [0.05, 0.1) is 12.2 Å². The highest BCUT2D eigenvalue weighted by atomic mass is 127. The third kappa shape index (κ3) is 5.78. The summed E-state index contributed by atoms with van der Waals surface area (Å²) in [6.07, 6.45) is 4.25. The molecule has 3 aromatic rings. The molecule has 0 amide bonds. The van der Waals surface area contributed by atoms with Gasteiger partial charge in [0.25, 0.3) is 0 Å². The maximum absolute atomic E-state index is 14.4. The maximum Gasteiger partial charge on any atom is 0.188 e. The average molecular weight is 479 g/mol. The Morgan fingerprint density at radius 1 is 1.19 bits per heavy atom. The minimum absolute atomic E-state index is 0. The number of halogens is 2. The third-order valence-corrected chi connectivity index (χ3v) is 4.09. The second-order valence-corrected chi connectivity index (χ2v) is 5.99. The lowest BCUT2D eigenvalue weighted by Crippen LogP contribution is -2.33. The summed E-state index contributed by atoms with van der Waals surface area (Å²) in [6, 6.07) is 15.2. The van der Waals surface area contributed by atoms with Crippen molar-refractivity contribution in [2.24, 2.45) is 10.7 Å². The molecule has 0 radical (unpaired) electrons. The summed E-state index contributed by atoms with van der Waals surface area (Å²) in [5.41, 5.74) is 8.35. The Morgan fingerprint density at radius 2 is 1.96 bits per heavy atom. The van der Waals surface area contributed by atoms with Gasteiger partial charge < -0.3 is 15.6 Å². The fraction of sp³-hybridized carbons (Fsp3) is 0.200. The predicted octanol–water partition coefficient (Wildman–Crippen LogP) is 3.58. The van der Waals surface area contributed by atoms with E-state index in [1.54, 1.807) is 23.0 Å². The highest BCUT2D eigenvalue weighted by Crippen LogP contribution is 2.17. The third-order valence-electron chi connectivity index (χ3n) is 4.09. The van der Waals surface area contributed by atoms with Gasteiger partial charge in [-0.2, -0.15) is 0 Å². The molecule has 142 valence electrons. The average Bonchev–Trinajstić information content (AvgIpc) is 3.07. The zero-order chi connectivity index (χ0) is 18.4. The van der Waals surface area contributed by atoms with Crippen molar-refractivity contribution < 1.29 is 4.39 Å². The van der Waals surface area contributed by atoms with Gasteiger partial charge in [-0.25, -0.2) is 14.4 Å². The van der Waals surface area contributed by atoms with Crippen molar-refractivity contribution in [3.05, 3.63) is 83.7 Å². The predicted molar refractivity (Wildman–Crippen MR) is 117 cm³/mol. The molecule has 3 rings (SSSR count). The van der Waals surface area contributed by atoms with E-state index in [4.69, 9.17) is 5.73 Å². The molecular formula is C20H23FIN5. The molecule has 0 unspecified atom stereocenters. The molecule has 0 saturated carbocycles. The number of rotatable bonds is 6. The zero-order valence-electron chi connectivity index (χ0n) is 15.1. The minimum Gasteiger partial charge on any atom is -0.370 e. The van der Waals surface area contributed by atoms with Crippen LogP contribution < -0.4 is 11.1 Å². The molecule has 27 heavy (non-hydrogen) atoms. The van der Waals surface area contributed by atoms with Crippen LogP contribution in [0.1, 0.15) is 17.0 Å². The number of hydrogen-bond donors (Lipinski definition) is 2. The van der Waals surface area contributed by atoms with E-state index in [1.807, 2.05) is 31.2 Å². The van der Waals surface area contributed by atoms with Crippen LogP contribution in [0.15, 0.2) is 65.9 Å². The van der Waals surface area contributed by atoms with E-state index in [0.29, 0.717) is 24.7 Å². The van der Waals surface area contributed by atoms with Crippen LogP contribution in [0, 0.1) is 12.7 Å². The number of benzene rings is 2. The monoisotopic (exact) mass is 479 g/mol. The number of aryl methyl sites for hydroxylation is 1. The normalized spacial score (nSPS) is 11.1. The Morgan fingerprint density at radius 3 is 2.63 bits per heavy atom. The summed E-state index contributed by atoms with van der Waals surface area (Å²) in [7, 11) is 0. The molecular weight excluding hydrogens is 456 g/mol. The first-order valence-electron chi connectivity index (χ1n) is 8.50. The Hall–Kier alpha value is -2.42. The molecule has 2 aromatic carbocycles. The van der Waals surface area contributed by atoms with E-state index in [9.17, 15) is 4.39 Å². The summed E-state index contributed by atoms with van der Waals surface area (Å²) in [5, 5.41) is 3.08. The Balaban J connectivity index is 0.00000261. The van der Waals surface area contributed by atoms with Crippen LogP contribution in [0.25, 0.3) is 5.69 Å². The smallest absolute Gasteiger partial charge is 0.188 e. The Labute approximate surface area is 175 Å². The van der Waals surface area contributed by atoms with Crippen LogP contribution in [-0.4, -0.2) is 22.1 Å². The quantitative estimate of drug-likeness (QED) is 0.323. The number of nitrogens with one attached hydrogen (secondary N) is 1. The first-order chi connectivity index (χ1) is 12.6. The van der Waals surface area contributed by atoms with Gasteiger partial charge in [-0.3, -0.25) is 0 Å². The van der Waals surface area contributed by atoms with Crippen molar-refractivity contribution >= 4 is 29.9 Å². The summed E-state index contributed by atoms with van der Waals surface area (Å²) in [4.78, 5) is 8.39. The fourth-order valence-electron chi connectivity index (χ4n) is 2.69. The van der Waals surface area contributed by atoms with E-state index >= 15 is 0 Å². The fourth-order valence-corrected chi connectivity index (χ4v) is 2.69. The standard InChI is InChI=1S/C20H22FN5.HI/c1-15-23-11-12-26(15)19-8-7-17(13-18(19)21)14-25-20(22)24-10-9-16-5-3-2-4-6-16;/h2-8,11-13H,9-10,14H2,1H3,(H3,22,24,25);1H. The van der Waals surface area contributed by atoms with Crippen molar-refractivity contribution in [2.75, 3.05) is 6.54 Å². The van der Waals surface area contributed by atoms with Crippen LogP contribution in [0.5, 0.6) is 0 Å². The van der Waals surface area contributed by atoms with Crippen molar-refractivity contribution in [3.8, 4) is 5.69 Å². The summed E-state index contributed by atoms with van der Waals surface area (Å²) in [6.45, 7) is 2.86. The molecule has 7 heteroatoms. The molecule has 0 fully saturated rings. The number of nitrogens with two attached hydrogens (primary N) is 1. The van der Waals surface area contributed by atoms with Crippen LogP contribution in [0.3, 0.4) is 0 Å². The van der Waals surface area contributed by atoms with Crippen molar-refractivity contribution in [1.29, 1.82) is 0 Å². The zero-order valence-corrected chi connectivity index (χ0v) is 17.4. The van der Waals surface area contributed by atoms with Gasteiger partial charge in [-0.05, 0) is 36.6 Å². The number of nitrogens with zero attached hydrogens (tertiary/aromatic N) is 3. The van der Waals surface area contributed by atoms with Crippen LogP contribution in [-0.2, 0) is 13.0 Å². The van der Waals surface area contributed by atoms with Crippen LogP contribution in [0.2, 0.25) is 0 Å². The Bertz CT molecular complexity index is 892. The van der Waals surface area contributed by atoms with Gasteiger partial charge in [0, 0.05) is 18.9 Å². The van der Waals surface area contributed by atoms with Crippen molar-refractivity contribution in [1.82, 2.24) is 14.9 Å². The number of guanidine groups is 1. The number of imidazole rings is 1. The van der Waals surface area contributed by atoms with Gasteiger partial charge in [0.1, 0.15) is 11.6 Å². The maximum atomic E-state index is 14.4. The second kappa shape index (κ2) is 10.1. The van der Waals surface area contributed by atoms with Gasteiger partial charge >= 0.3 is 0 Å². The highest BCUT2D eigenvalue weighted by molar-refractivity contribution is 14.0. The lowest BCUT2D eigenvalue weighted by Gasteiger charge is -2.08. The van der Waals surface area contributed by atoms with E-state index in [1.165, 1.54) is 11.6 Å². The van der Waals surface area contributed by atoms with Gasteiger partial charge in [0.2, 0.25) is 0 Å². The number of aromatic nitrogens is 2. The molecule has 0 bridgehead atoms. The molecule has 5 nitrogen and oxygen atoms in total. The molecule has 3 N–H and O–H groups in total. The van der Waals surface area contributed by atoms with E-state index < -0.39 is 0 Å². The summed E-state index contributed by atoms with van der Waals surface area (Å²) >= 11 is 0. The van der Waals surface area contributed by atoms with E-state index in [-0.39, 0.29) is 29.8 Å². The number of aliphatic imine (C=N–C) groups is 1. The lowest BCUT2D eigenvalue weighted by molar-refractivity contribution is 0.614. The lowest BCUT2D eigenvalue weighted by atomic mass is 10.1. The first-order valence-corrected chi connectivity index (χ1v) is 8.50. The van der Waals surface area contributed by atoms with Crippen molar-refractivity contribution in [3.63, 3.8) is 0 Å². The molecule has 0 aliphatic rings. The second-order valence-electron chi connectivity index (χ2n) is 5.99. The molecule has 0 aliphatic heterocycles. The van der Waals surface area contributed by atoms with E-state index in [2.05, 4.69) is 27.4 Å². The molecule has 1 heterocycles. The molecule has 0 atom stereocenters. The Kier molecular flexibility index (Phi) is 7.78. The van der Waals surface area contributed by atoms with E-state index in [0.717, 1.165) is 17.8 Å². The van der Waals surface area contributed by atoms with Crippen LogP contribution >= 0.6 is 24.0 Å². The molecule has 0 aliphatic carbocycles. The largest absolute Gasteiger partial charge is 0.370 e. The van der Waals surface area contributed by atoms with Gasteiger partial charge in [-0.15, -0.1) is 24.0 Å². The molecule has 1 aromatic heterocycles. The first kappa shape index (κ1) is 20.9. The topological polar surface area (TPSA) is 68.2 Å². The highest BCUT2D eigenvalue weighted by Gasteiger charge is 2.07. The molecule has 0 saturated heterocycles. The van der Waals surface area contributed by atoms with Gasteiger partial charge in [-0.1, -0.05) is 36.4 Å². The SMILES string of the molecule is Cc1nccn1-c1ccc(CN=C(N)NCCc2ccccc2)cc1F.I. The summed E-state index contributed by atoms with van der Waals surface area (Å²) in [5.74, 6) is 0.784. The van der Waals surface area contributed by atoms with Crippen molar-refractivity contribution in [2.45, 2.75) is 19.9 Å². The minimum atomic E-state index is -0.311. The number of hydrogen-bond acceptors (Lipinski definition) is 2. The molecule has 0 spiro atoms. The summed E-state index contributed by atoms with van der Waals surface area (Å²) < 4.78 is 16.1.